The molecule has 0 spiro atoms. The summed E-state index contributed by atoms with van der Waals surface area (Å²) >= 11 is 0. The van der Waals surface area contributed by atoms with Crippen LogP contribution in [0.25, 0.3) is 0 Å². The quantitative estimate of drug-likeness (QED) is 0.616. The molecule has 1 aromatic heterocycles. The first-order chi connectivity index (χ1) is 10.6. The van der Waals surface area contributed by atoms with Crippen LogP contribution in [0, 0.1) is 0 Å². The van der Waals surface area contributed by atoms with Crippen molar-refractivity contribution >= 4 is 14.1 Å². The van der Waals surface area contributed by atoms with Crippen LogP contribution >= 0.6 is 0 Å². The number of hydrogen-bond donors (Lipinski definition) is 0. The van der Waals surface area contributed by atoms with E-state index < -0.39 is 20.4 Å². The molecule has 0 amide bonds. The van der Waals surface area contributed by atoms with Crippen molar-refractivity contribution in [2.45, 2.75) is 45.2 Å². The van der Waals surface area contributed by atoms with Crippen molar-refractivity contribution in [2.75, 3.05) is 0 Å². The van der Waals surface area contributed by atoms with E-state index in [4.69, 9.17) is 4.43 Å². The standard InChI is InChI=1S/C16H23FN3O2Si/c1-16(2,3)23(4,5)22-13-8-6-12(7-9-13)14(21)15(17)20-11-18-10-19-20/h6-11,15,23H,1-5H3/q-1. The molecule has 5 nitrogen and oxygen atoms in total. The average molecular weight is 336 g/mol. The van der Waals surface area contributed by atoms with Gasteiger partial charge >= 0.3 is 136 Å². The van der Waals surface area contributed by atoms with Crippen LogP contribution in [0.15, 0.2) is 36.9 Å². The number of halogens is 1. The van der Waals surface area contributed by atoms with Crippen molar-refractivity contribution in [2.24, 2.45) is 0 Å². The Morgan fingerprint density at radius 2 is 1.87 bits per heavy atom. The van der Waals surface area contributed by atoms with Gasteiger partial charge in [-0.05, 0) is 0 Å². The Morgan fingerprint density at radius 1 is 1.26 bits per heavy atom. The summed E-state index contributed by atoms with van der Waals surface area (Å²) in [5.74, 6) is 0.0551. The summed E-state index contributed by atoms with van der Waals surface area (Å²) in [4.78, 5) is 15.7. The van der Waals surface area contributed by atoms with E-state index in [0.29, 0.717) is 5.75 Å². The summed E-state index contributed by atoms with van der Waals surface area (Å²) in [5.41, 5.74) is 0.277. The molecule has 0 saturated heterocycles. The summed E-state index contributed by atoms with van der Waals surface area (Å²) < 4.78 is 21.1. The number of nitrogens with zero attached hydrogens (tertiary/aromatic N) is 3. The van der Waals surface area contributed by atoms with Crippen LogP contribution in [0.2, 0.25) is 18.1 Å². The van der Waals surface area contributed by atoms with Gasteiger partial charge in [-0.3, -0.25) is 0 Å². The van der Waals surface area contributed by atoms with E-state index in [1.54, 1.807) is 24.3 Å². The molecule has 1 heterocycles. The van der Waals surface area contributed by atoms with E-state index in [0.717, 1.165) is 4.68 Å². The third kappa shape index (κ3) is 3.84. The van der Waals surface area contributed by atoms with Crippen molar-refractivity contribution in [1.82, 2.24) is 14.8 Å². The van der Waals surface area contributed by atoms with Gasteiger partial charge in [-0.1, -0.05) is 0 Å². The number of carbonyl (C=O) groups is 1. The SMILES string of the molecule is CC(C)(C)[SiH-](C)(C)Oc1ccc(C(=O)C(F)n2cncn2)cc1. The van der Waals surface area contributed by atoms with Gasteiger partial charge in [0.1, 0.15) is 0 Å². The molecule has 1 unspecified atom stereocenters. The molecule has 0 aliphatic rings. The van der Waals surface area contributed by atoms with E-state index in [1.807, 2.05) is 0 Å². The van der Waals surface area contributed by atoms with Gasteiger partial charge in [-0.2, -0.15) is 0 Å². The van der Waals surface area contributed by atoms with Gasteiger partial charge in [0.25, 0.3) is 0 Å². The van der Waals surface area contributed by atoms with E-state index in [2.05, 4.69) is 43.9 Å². The number of aromatic nitrogens is 3. The van der Waals surface area contributed by atoms with Crippen molar-refractivity contribution in [3.8, 4) is 5.75 Å². The molecule has 0 fully saturated rings. The number of alkyl halides is 1. The molecule has 0 radical (unpaired) electrons. The topological polar surface area (TPSA) is 57.0 Å². The van der Waals surface area contributed by atoms with Gasteiger partial charge in [-0.15, -0.1) is 0 Å². The Morgan fingerprint density at radius 3 is 2.35 bits per heavy atom. The summed E-state index contributed by atoms with van der Waals surface area (Å²) in [7, 11) is -2.25. The zero-order valence-electron chi connectivity index (χ0n) is 14.2. The predicted octanol–water partition coefficient (Wildman–Crippen LogP) is 3.75. The fraction of sp³-hybridized carbons (Fsp3) is 0.438. The molecule has 23 heavy (non-hydrogen) atoms. The molecular weight excluding hydrogens is 313 g/mol. The fourth-order valence-corrected chi connectivity index (χ4v) is 3.00. The maximum absolute atomic E-state index is 14.1. The molecule has 126 valence electrons. The van der Waals surface area contributed by atoms with Gasteiger partial charge in [0, 0.05) is 0 Å². The Balaban J connectivity index is 2.12. The number of hydrogen-bond acceptors (Lipinski definition) is 4. The molecule has 0 aliphatic heterocycles. The van der Waals surface area contributed by atoms with Crippen LogP contribution < -0.4 is 4.43 Å². The summed E-state index contributed by atoms with van der Waals surface area (Å²) in [5, 5.41) is 3.76. The first-order valence-corrected chi connectivity index (χ1v) is 11.0. The van der Waals surface area contributed by atoms with Gasteiger partial charge in [0.15, 0.2) is 0 Å². The van der Waals surface area contributed by atoms with Gasteiger partial charge < -0.3 is 0 Å². The first-order valence-electron chi connectivity index (χ1n) is 7.66. The Kier molecular flexibility index (Phi) is 4.70. The van der Waals surface area contributed by atoms with E-state index in [9.17, 15) is 9.18 Å². The predicted molar refractivity (Wildman–Crippen MR) is 90.2 cm³/mol. The third-order valence-corrected chi connectivity index (χ3v) is 9.57. The van der Waals surface area contributed by atoms with Crippen LogP contribution in [0.4, 0.5) is 4.39 Å². The summed E-state index contributed by atoms with van der Waals surface area (Å²) in [6.45, 7) is 10.9. The van der Waals surface area contributed by atoms with Crippen LogP contribution in [-0.4, -0.2) is 28.9 Å². The molecule has 2 rings (SSSR count). The Labute approximate surface area is 136 Å². The molecule has 0 saturated carbocycles. The maximum atomic E-state index is 14.1. The van der Waals surface area contributed by atoms with Crippen LogP contribution in [-0.2, 0) is 0 Å². The Bertz CT molecular complexity index is 664. The zero-order valence-corrected chi connectivity index (χ0v) is 15.3. The zero-order chi connectivity index (χ0) is 17.3. The van der Waals surface area contributed by atoms with Crippen molar-refractivity contribution < 1.29 is 13.6 Å². The third-order valence-electron chi connectivity index (χ3n) is 4.54. The number of rotatable bonds is 5. The summed E-state index contributed by atoms with van der Waals surface area (Å²) in [6.07, 6.45) is 0.502. The molecule has 0 aliphatic carbocycles. The van der Waals surface area contributed by atoms with Gasteiger partial charge in [0.05, 0.1) is 0 Å². The minimum absolute atomic E-state index is 0.110. The van der Waals surface area contributed by atoms with Crippen molar-refractivity contribution in [3.63, 3.8) is 0 Å². The summed E-state index contributed by atoms with van der Waals surface area (Å²) in [6, 6.07) is 6.60. The molecule has 7 heteroatoms. The second-order valence-corrected chi connectivity index (χ2v) is 12.8. The number of Topliss-reactive ketones (excluding diaryl/α,β-unsaturated/α-hetero) is 1. The second-order valence-electron chi connectivity index (χ2n) is 7.33. The van der Waals surface area contributed by atoms with Crippen LogP contribution in [0.3, 0.4) is 0 Å². The Hall–Kier alpha value is -2.02. The first kappa shape index (κ1) is 17.3. The number of carbonyl (C=O) groups excluding carboxylic acids is 1. The average Bonchev–Trinajstić information content (AvgIpc) is 2.99. The molecule has 2 aromatic rings. The monoisotopic (exact) mass is 336 g/mol. The number of benzene rings is 1. The van der Waals surface area contributed by atoms with Crippen LogP contribution in [0.5, 0.6) is 5.75 Å². The fourth-order valence-electron chi connectivity index (χ4n) is 1.81. The molecule has 1 atom stereocenters. The second kappa shape index (κ2) is 6.23. The minimum atomic E-state index is -2.25. The van der Waals surface area contributed by atoms with E-state index in [-0.39, 0.29) is 10.6 Å². The molecule has 0 N–H and O–H groups in total. The van der Waals surface area contributed by atoms with E-state index >= 15 is 0 Å². The normalized spacial score (nSPS) is 14.3. The molecule has 1 aromatic carbocycles. The van der Waals surface area contributed by atoms with Crippen molar-refractivity contribution in [3.05, 3.63) is 42.5 Å². The van der Waals surface area contributed by atoms with Gasteiger partial charge in [-0.25, -0.2) is 0 Å². The number of ketones is 1. The van der Waals surface area contributed by atoms with Gasteiger partial charge in [0.2, 0.25) is 0 Å². The van der Waals surface area contributed by atoms with Crippen LogP contribution in [0.1, 0.15) is 37.4 Å². The molecule has 0 bridgehead atoms. The molecular formula is C16H23FN3O2Si-. The van der Waals surface area contributed by atoms with Crippen molar-refractivity contribution in [1.29, 1.82) is 0 Å². The van der Waals surface area contributed by atoms with E-state index in [1.165, 1.54) is 12.7 Å².